The number of halogens is 1. The van der Waals surface area contributed by atoms with Crippen LogP contribution in [0.2, 0.25) is 5.28 Å². The number of aryl methyl sites for hydroxylation is 1. The molecule has 0 saturated heterocycles. The van der Waals surface area contributed by atoms with Crippen LogP contribution in [0.15, 0.2) is 60.7 Å². The average Bonchev–Trinajstić information content (AvgIpc) is 2.99. The second kappa shape index (κ2) is 12.4. The van der Waals surface area contributed by atoms with E-state index in [9.17, 15) is 4.79 Å². The Morgan fingerprint density at radius 3 is 2.41 bits per heavy atom. The van der Waals surface area contributed by atoms with Gasteiger partial charge in [-0.1, -0.05) is 24.3 Å². The van der Waals surface area contributed by atoms with Crippen molar-refractivity contribution in [2.75, 3.05) is 42.4 Å². The second-order valence-corrected chi connectivity index (χ2v) is 10.2. The van der Waals surface area contributed by atoms with Crippen molar-refractivity contribution in [2.24, 2.45) is 0 Å². The third-order valence-corrected chi connectivity index (χ3v) is 7.29. The highest BCUT2D eigenvalue weighted by atomic mass is 35.5. The van der Waals surface area contributed by atoms with Crippen molar-refractivity contribution in [1.29, 1.82) is 0 Å². The summed E-state index contributed by atoms with van der Waals surface area (Å²) in [6, 6.07) is 19.5. The second-order valence-electron chi connectivity index (χ2n) is 9.81. The number of fused-ring (bicyclic) bond motifs is 1. The number of nitrogens with zero attached hydrogens (tertiary/aromatic N) is 5. The summed E-state index contributed by atoms with van der Waals surface area (Å²) in [6.45, 7) is 6.38. The SMILES string of the molecule is CCN(C(=O)c1ccc(CNc2nc(Cl)nc(N3CCc4cc(OC)c(OC)cc4C3)n2)cc1)c1cccc(C)c1. The summed E-state index contributed by atoms with van der Waals surface area (Å²) in [6.07, 6.45) is 0.812. The summed E-state index contributed by atoms with van der Waals surface area (Å²) in [5.41, 5.74) is 5.94. The Kier molecular flexibility index (Phi) is 8.54. The molecule has 0 spiro atoms. The third-order valence-electron chi connectivity index (χ3n) is 7.12. The van der Waals surface area contributed by atoms with Crippen LogP contribution in [0.25, 0.3) is 0 Å². The first kappa shape index (κ1) is 28.2. The molecule has 10 heteroatoms. The molecule has 0 unspecified atom stereocenters. The molecule has 3 aromatic carbocycles. The summed E-state index contributed by atoms with van der Waals surface area (Å²) in [7, 11) is 3.27. The molecule has 0 aliphatic carbocycles. The van der Waals surface area contributed by atoms with Crippen molar-refractivity contribution >= 4 is 35.1 Å². The van der Waals surface area contributed by atoms with Crippen molar-refractivity contribution in [3.05, 3.63) is 93.8 Å². The first-order valence-corrected chi connectivity index (χ1v) is 13.9. The van der Waals surface area contributed by atoms with E-state index in [0.29, 0.717) is 42.8 Å². The van der Waals surface area contributed by atoms with Gasteiger partial charge in [0.05, 0.1) is 14.2 Å². The molecule has 1 amide bonds. The van der Waals surface area contributed by atoms with Crippen LogP contribution in [-0.4, -0.2) is 48.2 Å². The predicted molar refractivity (Wildman–Crippen MR) is 161 cm³/mol. The summed E-state index contributed by atoms with van der Waals surface area (Å²) in [5, 5.41) is 3.36. The molecule has 9 nitrogen and oxygen atoms in total. The van der Waals surface area contributed by atoms with E-state index in [-0.39, 0.29) is 11.2 Å². The number of benzene rings is 3. The summed E-state index contributed by atoms with van der Waals surface area (Å²) in [5.74, 6) is 2.26. The number of nitrogens with one attached hydrogen (secondary N) is 1. The topological polar surface area (TPSA) is 92.7 Å². The smallest absolute Gasteiger partial charge is 0.258 e. The number of carbonyl (C=O) groups excluding carboxylic acids is 1. The van der Waals surface area contributed by atoms with Gasteiger partial charge in [-0.05, 0) is 90.5 Å². The van der Waals surface area contributed by atoms with E-state index in [1.807, 2.05) is 74.5 Å². The predicted octanol–water partition coefficient (Wildman–Crippen LogP) is 5.69. The molecular weight excluding hydrogens is 540 g/mol. The maximum atomic E-state index is 13.2. The van der Waals surface area contributed by atoms with E-state index in [4.69, 9.17) is 21.1 Å². The molecule has 2 heterocycles. The van der Waals surface area contributed by atoms with Gasteiger partial charge < -0.3 is 24.6 Å². The summed E-state index contributed by atoms with van der Waals surface area (Å²) >= 11 is 6.29. The molecule has 5 rings (SSSR count). The van der Waals surface area contributed by atoms with Gasteiger partial charge in [0.1, 0.15) is 0 Å². The van der Waals surface area contributed by atoms with Crippen LogP contribution in [-0.2, 0) is 19.5 Å². The number of amides is 1. The van der Waals surface area contributed by atoms with Crippen molar-refractivity contribution in [3.63, 3.8) is 0 Å². The Morgan fingerprint density at radius 2 is 1.73 bits per heavy atom. The highest BCUT2D eigenvalue weighted by Gasteiger charge is 2.22. The van der Waals surface area contributed by atoms with E-state index >= 15 is 0 Å². The first-order valence-electron chi connectivity index (χ1n) is 13.5. The van der Waals surface area contributed by atoms with Gasteiger partial charge in [0.15, 0.2) is 11.5 Å². The minimum atomic E-state index is -0.0364. The van der Waals surface area contributed by atoms with Gasteiger partial charge in [-0.25, -0.2) is 0 Å². The molecule has 1 aliphatic rings. The van der Waals surface area contributed by atoms with Crippen molar-refractivity contribution in [2.45, 2.75) is 33.4 Å². The van der Waals surface area contributed by atoms with Gasteiger partial charge in [0, 0.05) is 37.4 Å². The van der Waals surface area contributed by atoms with E-state index in [1.54, 1.807) is 19.1 Å². The molecule has 1 aliphatic heterocycles. The van der Waals surface area contributed by atoms with E-state index < -0.39 is 0 Å². The lowest BCUT2D eigenvalue weighted by Gasteiger charge is -2.29. The quantitative estimate of drug-likeness (QED) is 0.273. The monoisotopic (exact) mass is 572 g/mol. The fraction of sp³-hybridized carbons (Fsp3) is 0.290. The van der Waals surface area contributed by atoms with Crippen LogP contribution in [0.5, 0.6) is 11.5 Å². The van der Waals surface area contributed by atoms with Crippen LogP contribution in [0, 0.1) is 6.92 Å². The minimum absolute atomic E-state index is 0.0364. The standard InChI is InChI=1S/C31H33ClN6O3/c1-5-38(25-8-6-7-20(2)15-25)28(39)22-11-9-21(10-12-22)18-33-30-34-29(32)35-31(36-30)37-14-13-23-16-26(40-3)27(41-4)17-24(23)19-37/h6-12,15-17H,5,13-14,18-19H2,1-4H3,(H,33,34,35,36). The fourth-order valence-electron chi connectivity index (χ4n) is 4.96. The van der Waals surface area contributed by atoms with Gasteiger partial charge in [-0.15, -0.1) is 0 Å². The molecule has 1 N–H and O–H groups in total. The zero-order chi connectivity index (χ0) is 28.9. The highest BCUT2D eigenvalue weighted by Crippen LogP contribution is 2.34. The number of hydrogen-bond acceptors (Lipinski definition) is 8. The minimum Gasteiger partial charge on any atom is -0.493 e. The Morgan fingerprint density at radius 1 is 1.00 bits per heavy atom. The summed E-state index contributed by atoms with van der Waals surface area (Å²) in [4.78, 5) is 30.3. The number of methoxy groups -OCH3 is 2. The maximum absolute atomic E-state index is 13.2. The van der Waals surface area contributed by atoms with Crippen molar-refractivity contribution < 1.29 is 14.3 Å². The Bertz CT molecular complexity index is 1550. The molecular formula is C31H33ClN6O3. The number of anilines is 3. The molecule has 212 valence electrons. The Balaban J connectivity index is 1.25. The Hall–Kier alpha value is -4.37. The fourth-order valence-corrected chi connectivity index (χ4v) is 5.11. The third kappa shape index (κ3) is 6.36. The van der Waals surface area contributed by atoms with Crippen LogP contribution < -0.4 is 24.6 Å². The average molecular weight is 573 g/mol. The normalized spacial score (nSPS) is 12.5. The first-order chi connectivity index (χ1) is 19.9. The van der Waals surface area contributed by atoms with E-state index in [1.165, 1.54) is 5.56 Å². The molecule has 0 fully saturated rings. The number of carbonyl (C=O) groups is 1. The lowest BCUT2D eigenvalue weighted by atomic mass is 9.99. The lowest BCUT2D eigenvalue weighted by Crippen LogP contribution is -2.32. The van der Waals surface area contributed by atoms with Crippen molar-refractivity contribution in [1.82, 2.24) is 15.0 Å². The lowest BCUT2D eigenvalue weighted by molar-refractivity contribution is 0.0988. The molecule has 4 aromatic rings. The van der Waals surface area contributed by atoms with Crippen LogP contribution in [0.4, 0.5) is 17.6 Å². The van der Waals surface area contributed by atoms with Gasteiger partial charge in [0.25, 0.3) is 5.91 Å². The Labute approximate surface area is 245 Å². The number of ether oxygens (including phenoxy) is 2. The number of rotatable bonds is 9. The molecule has 0 radical (unpaired) electrons. The van der Waals surface area contributed by atoms with Gasteiger partial charge in [-0.3, -0.25) is 4.79 Å². The molecule has 41 heavy (non-hydrogen) atoms. The molecule has 0 bridgehead atoms. The van der Waals surface area contributed by atoms with Gasteiger partial charge in [0.2, 0.25) is 17.2 Å². The number of hydrogen-bond donors (Lipinski definition) is 1. The van der Waals surface area contributed by atoms with Gasteiger partial charge in [-0.2, -0.15) is 15.0 Å². The van der Waals surface area contributed by atoms with Crippen molar-refractivity contribution in [3.8, 4) is 11.5 Å². The van der Waals surface area contributed by atoms with E-state index in [0.717, 1.165) is 41.1 Å². The number of aromatic nitrogens is 3. The molecule has 0 atom stereocenters. The molecule has 0 saturated carbocycles. The van der Waals surface area contributed by atoms with Crippen LogP contribution >= 0.6 is 11.6 Å². The van der Waals surface area contributed by atoms with Crippen LogP contribution in [0.3, 0.4) is 0 Å². The largest absolute Gasteiger partial charge is 0.493 e. The molecule has 1 aromatic heterocycles. The zero-order valence-electron chi connectivity index (χ0n) is 23.6. The summed E-state index contributed by atoms with van der Waals surface area (Å²) < 4.78 is 10.9. The van der Waals surface area contributed by atoms with Crippen LogP contribution in [0.1, 0.15) is 39.5 Å². The van der Waals surface area contributed by atoms with Gasteiger partial charge >= 0.3 is 0 Å². The van der Waals surface area contributed by atoms with E-state index in [2.05, 4.69) is 25.2 Å². The zero-order valence-corrected chi connectivity index (χ0v) is 24.4. The maximum Gasteiger partial charge on any atom is 0.258 e. The highest BCUT2D eigenvalue weighted by molar-refractivity contribution is 6.28.